The zero-order valence-electron chi connectivity index (χ0n) is 13.5. The molecule has 5 nitrogen and oxygen atoms in total. The lowest BCUT2D eigenvalue weighted by molar-refractivity contribution is 0.0969. The third-order valence-corrected chi connectivity index (χ3v) is 4.16. The van der Waals surface area contributed by atoms with Gasteiger partial charge in [0.15, 0.2) is 0 Å². The average Bonchev–Trinajstić information content (AvgIpc) is 3.00. The molecule has 24 heavy (non-hydrogen) atoms. The van der Waals surface area contributed by atoms with Crippen LogP contribution < -0.4 is 5.32 Å². The second kappa shape index (κ2) is 7.95. The molecule has 2 atom stereocenters. The second-order valence-electron chi connectivity index (χ2n) is 5.99. The second-order valence-corrected chi connectivity index (χ2v) is 5.99. The highest BCUT2D eigenvalue weighted by Crippen LogP contribution is 2.13. The van der Waals surface area contributed by atoms with E-state index in [2.05, 4.69) is 5.32 Å². The number of nitrogens with zero attached hydrogens (tertiary/aromatic N) is 1. The maximum atomic E-state index is 12.1. The van der Waals surface area contributed by atoms with Gasteiger partial charge in [0.05, 0.1) is 18.7 Å². The van der Waals surface area contributed by atoms with Crippen molar-refractivity contribution < 1.29 is 14.6 Å². The minimum atomic E-state index is -0.585. The molecular formula is C19H22N2O3. The highest BCUT2D eigenvalue weighted by atomic mass is 16.6. The van der Waals surface area contributed by atoms with Gasteiger partial charge in [0.1, 0.15) is 6.61 Å². The molecule has 0 saturated carbocycles. The van der Waals surface area contributed by atoms with E-state index in [1.54, 1.807) is 4.90 Å². The van der Waals surface area contributed by atoms with E-state index in [0.29, 0.717) is 19.6 Å². The maximum Gasteiger partial charge on any atom is 0.410 e. The molecule has 1 saturated heterocycles. The SMILES string of the molecule is O=C(OCc1ccccc1)N1CC(O)C(NCc2ccccc2)C1. The zero-order chi connectivity index (χ0) is 16.8. The normalized spacial score (nSPS) is 20.1. The van der Waals surface area contributed by atoms with Crippen molar-refractivity contribution >= 4 is 6.09 Å². The van der Waals surface area contributed by atoms with Crippen LogP contribution in [0.5, 0.6) is 0 Å². The summed E-state index contributed by atoms with van der Waals surface area (Å²) in [6.07, 6.45) is -0.972. The summed E-state index contributed by atoms with van der Waals surface area (Å²) < 4.78 is 5.32. The monoisotopic (exact) mass is 326 g/mol. The van der Waals surface area contributed by atoms with Gasteiger partial charge in [0.25, 0.3) is 0 Å². The molecule has 3 rings (SSSR count). The average molecular weight is 326 g/mol. The van der Waals surface area contributed by atoms with E-state index in [1.165, 1.54) is 0 Å². The molecule has 0 bridgehead atoms. The quantitative estimate of drug-likeness (QED) is 0.884. The molecule has 2 aromatic carbocycles. The largest absolute Gasteiger partial charge is 0.445 e. The Balaban J connectivity index is 1.47. The summed E-state index contributed by atoms with van der Waals surface area (Å²) >= 11 is 0. The van der Waals surface area contributed by atoms with E-state index in [1.807, 2.05) is 60.7 Å². The van der Waals surface area contributed by atoms with Gasteiger partial charge in [0, 0.05) is 13.1 Å². The van der Waals surface area contributed by atoms with E-state index >= 15 is 0 Å². The number of carbonyl (C=O) groups excluding carboxylic acids is 1. The first-order chi connectivity index (χ1) is 11.7. The number of carbonyl (C=O) groups is 1. The fourth-order valence-electron chi connectivity index (χ4n) is 2.79. The number of aliphatic hydroxyl groups excluding tert-OH is 1. The van der Waals surface area contributed by atoms with Crippen LogP contribution in [0.25, 0.3) is 0 Å². The molecule has 0 aromatic heterocycles. The molecule has 5 heteroatoms. The third kappa shape index (κ3) is 4.34. The van der Waals surface area contributed by atoms with Crippen LogP contribution in [0.1, 0.15) is 11.1 Å². The lowest BCUT2D eigenvalue weighted by Crippen LogP contribution is -2.39. The van der Waals surface area contributed by atoms with Crippen molar-refractivity contribution in [1.82, 2.24) is 10.2 Å². The molecule has 1 aliphatic heterocycles. The number of hydrogen-bond donors (Lipinski definition) is 2. The number of amides is 1. The Bertz CT molecular complexity index is 648. The highest BCUT2D eigenvalue weighted by Gasteiger charge is 2.34. The molecule has 1 aliphatic rings. The number of benzene rings is 2. The van der Waals surface area contributed by atoms with E-state index in [9.17, 15) is 9.90 Å². The predicted molar refractivity (Wildman–Crippen MR) is 91.3 cm³/mol. The first-order valence-corrected chi connectivity index (χ1v) is 8.13. The summed E-state index contributed by atoms with van der Waals surface area (Å²) in [5, 5.41) is 13.5. The Morgan fingerprint density at radius 3 is 2.33 bits per heavy atom. The number of β-amino-alcohol motifs (C(OH)–C–C–N with tert-alkyl or cyclic N) is 1. The van der Waals surface area contributed by atoms with Crippen LogP contribution in [0.3, 0.4) is 0 Å². The van der Waals surface area contributed by atoms with Crippen LogP contribution in [-0.4, -0.2) is 41.3 Å². The lowest BCUT2D eigenvalue weighted by atomic mass is 10.2. The van der Waals surface area contributed by atoms with Gasteiger partial charge in [-0.3, -0.25) is 0 Å². The predicted octanol–water partition coefficient (Wildman–Crippen LogP) is 2.16. The van der Waals surface area contributed by atoms with E-state index < -0.39 is 6.10 Å². The van der Waals surface area contributed by atoms with Crippen molar-refractivity contribution in [2.45, 2.75) is 25.3 Å². The van der Waals surface area contributed by atoms with Crippen LogP contribution >= 0.6 is 0 Å². The van der Waals surface area contributed by atoms with Crippen molar-refractivity contribution in [3.63, 3.8) is 0 Å². The Hall–Kier alpha value is -2.37. The van der Waals surface area contributed by atoms with Gasteiger partial charge in [-0.15, -0.1) is 0 Å². The number of likely N-dealkylation sites (tertiary alicyclic amines) is 1. The van der Waals surface area contributed by atoms with Gasteiger partial charge in [-0.2, -0.15) is 0 Å². The van der Waals surface area contributed by atoms with Gasteiger partial charge in [0.2, 0.25) is 0 Å². The molecule has 126 valence electrons. The van der Waals surface area contributed by atoms with Crippen LogP contribution in [-0.2, 0) is 17.9 Å². The van der Waals surface area contributed by atoms with E-state index in [4.69, 9.17) is 4.74 Å². The summed E-state index contributed by atoms with van der Waals surface area (Å²) in [6.45, 7) is 1.64. The maximum absolute atomic E-state index is 12.1. The Morgan fingerprint density at radius 1 is 1.04 bits per heavy atom. The third-order valence-electron chi connectivity index (χ3n) is 4.16. The lowest BCUT2D eigenvalue weighted by Gasteiger charge is -2.17. The standard InChI is InChI=1S/C19H22N2O3/c22-18-13-21(19(23)24-14-16-9-5-2-6-10-16)12-17(18)20-11-15-7-3-1-4-8-15/h1-10,17-18,20,22H,11-14H2. The molecule has 0 spiro atoms. The van der Waals surface area contributed by atoms with Crippen molar-refractivity contribution in [3.8, 4) is 0 Å². The Kier molecular flexibility index (Phi) is 5.46. The van der Waals surface area contributed by atoms with Gasteiger partial charge in [-0.25, -0.2) is 4.79 Å². The molecular weight excluding hydrogens is 304 g/mol. The Morgan fingerprint density at radius 2 is 1.67 bits per heavy atom. The van der Waals surface area contributed by atoms with Crippen molar-refractivity contribution in [1.29, 1.82) is 0 Å². The fraction of sp³-hybridized carbons (Fsp3) is 0.316. The minimum absolute atomic E-state index is 0.144. The number of ether oxygens (including phenoxy) is 1. The van der Waals surface area contributed by atoms with Gasteiger partial charge >= 0.3 is 6.09 Å². The number of aliphatic hydroxyl groups is 1. The molecule has 1 fully saturated rings. The van der Waals surface area contributed by atoms with E-state index in [-0.39, 0.29) is 18.7 Å². The minimum Gasteiger partial charge on any atom is -0.445 e. The van der Waals surface area contributed by atoms with Crippen LogP contribution in [0.15, 0.2) is 60.7 Å². The van der Waals surface area contributed by atoms with Crippen molar-refractivity contribution in [3.05, 3.63) is 71.8 Å². The number of hydrogen-bond acceptors (Lipinski definition) is 4. The van der Waals surface area contributed by atoms with Crippen molar-refractivity contribution in [2.24, 2.45) is 0 Å². The summed E-state index contributed by atoms with van der Waals surface area (Å²) in [6, 6.07) is 19.4. The molecule has 0 radical (unpaired) electrons. The van der Waals surface area contributed by atoms with E-state index in [0.717, 1.165) is 11.1 Å². The fourth-order valence-corrected chi connectivity index (χ4v) is 2.79. The number of nitrogens with one attached hydrogen (secondary N) is 1. The molecule has 2 aromatic rings. The summed E-state index contributed by atoms with van der Waals surface area (Å²) in [5.41, 5.74) is 2.10. The molecule has 2 unspecified atom stereocenters. The smallest absolute Gasteiger partial charge is 0.410 e. The topological polar surface area (TPSA) is 61.8 Å². The van der Waals surface area contributed by atoms with Gasteiger partial charge in [-0.05, 0) is 11.1 Å². The van der Waals surface area contributed by atoms with Crippen molar-refractivity contribution in [2.75, 3.05) is 13.1 Å². The molecule has 1 amide bonds. The van der Waals surface area contributed by atoms with Crippen LogP contribution in [0, 0.1) is 0 Å². The molecule has 2 N–H and O–H groups in total. The zero-order valence-corrected chi connectivity index (χ0v) is 13.5. The first kappa shape index (κ1) is 16.5. The van der Waals surface area contributed by atoms with Gasteiger partial charge < -0.3 is 20.1 Å². The van der Waals surface area contributed by atoms with Crippen LogP contribution in [0.4, 0.5) is 4.79 Å². The summed E-state index contributed by atoms with van der Waals surface area (Å²) in [7, 11) is 0. The molecule has 0 aliphatic carbocycles. The summed E-state index contributed by atoms with van der Waals surface area (Å²) in [5.74, 6) is 0. The van der Waals surface area contributed by atoms with Gasteiger partial charge in [-0.1, -0.05) is 60.7 Å². The first-order valence-electron chi connectivity index (χ1n) is 8.13. The molecule has 1 heterocycles. The number of rotatable bonds is 5. The highest BCUT2D eigenvalue weighted by molar-refractivity contribution is 5.68. The Labute approximate surface area is 141 Å². The van der Waals surface area contributed by atoms with Crippen LogP contribution in [0.2, 0.25) is 0 Å². The summed E-state index contributed by atoms with van der Waals surface area (Å²) in [4.78, 5) is 13.7.